The third-order valence-electron chi connectivity index (χ3n) is 1.75. The summed E-state index contributed by atoms with van der Waals surface area (Å²) in [4.78, 5) is 0. The molecule has 0 saturated carbocycles. The Balaban J connectivity index is 0. The van der Waals surface area contributed by atoms with Crippen molar-refractivity contribution in [1.82, 2.24) is 0 Å². The van der Waals surface area contributed by atoms with E-state index >= 15 is 0 Å². The van der Waals surface area contributed by atoms with Gasteiger partial charge in [0.25, 0.3) is 0 Å². The van der Waals surface area contributed by atoms with Gasteiger partial charge in [-0.2, -0.15) is 0 Å². The van der Waals surface area contributed by atoms with Crippen LogP contribution in [0.3, 0.4) is 0 Å². The van der Waals surface area contributed by atoms with Crippen LogP contribution in [-0.4, -0.2) is 43.4 Å². The van der Waals surface area contributed by atoms with Crippen LogP contribution in [0.4, 0.5) is 0 Å². The lowest BCUT2D eigenvalue weighted by Gasteiger charge is -2.04. The molecule has 0 aromatic heterocycles. The molecule has 0 radical (unpaired) electrons. The maximum Gasteiger partial charge on any atom is 0.154 e. The summed E-state index contributed by atoms with van der Waals surface area (Å²) in [5, 5.41) is 16.9. The third-order valence-corrected chi connectivity index (χ3v) is 1.75. The molecule has 0 aromatic carbocycles. The van der Waals surface area contributed by atoms with Crippen molar-refractivity contribution in [2.45, 2.75) is 45.5 Å². The van der Waals surface area contributed by atoms with Gasteiger partial charge in [0.05, 0.1) is 6.10 Å². The minimum atomic E-state index is -0.551. The number of aliphatic hydroxyl groups excluding tert-OH is 2. The van der Waals surface area contributed by atoms with Gasteiger partial charge < -0.3 is 19.7 Å². The van der Waals surface area contributed by atoms with Crippen molar-refractivity contribution in [2.24, 2.45) is 0 Å². The molecule has 0 bridgehead atoms. The molecule has 88 valence electrons. The molecule has 2 unspecified atom stereocenters. The van der Waals surface area contributed by atoms with E-state index in [2.05, 4.69) is 4.74 Å². The standard InChI is InChI=1S/2C5H12O2/c1-5(7-2)3-4-6;1-3-4-5(6)7-2/h2*5-6H,3-4H2,1-2H3. The molecule has 0 aliphatic carbocycles. The molecule has 0 fully saturated rings. The predicted octanol–water partition coefficient (Wildman–Crippen LogP) is 1.15. The maximum absolute atomic E-state index is 8.64. The Bertz CT molecular complexity index is 86.1. The van der Waals surface area contributed by atoms with Gasteiger partial charge in [-0.1, -0.05) is 13.3 Å². The lowest BCUT2D eigenvalue weighted by Crippen LogP contribution is -2.06. The number of ether oxygens (including phenoxy) is 2. The van der Waals surface area contributed by atoms with Crippen LogP contribution >= 0.6 is 0 Å². The average Bonchev–Trinajstić information content (AvgIpc) is 2.19. The number of hydrogen-bond donors (Lipinski definition) is 2. The fraction of sp³-hybridized carbons (Fsp3) is 1.00. The van der Waals surface area contributed by atoms with Crippen molar-refractivity contribution in [3.8, 4) is 0 Å². The molecule has 0 aromatic rings. The predicted molar refractivity (Wildman–Crippen MR) is 56.1 cm³/mol. The molecule has 2 N–H and O–H groups in total. The second kappa shape index (κ2) is 12.8. The van der Waals surface area contributed by atoms with Gasteiger partial charge in [-0.3, -0.25) is 0 Å². The Hall–Kier alpha value is -0.160. The molecule has 4 nitrogen and oxygen atoms in total. The summed E-state index contributed by atoms with van der Waals surface area (Å²) in [5.41, 5.74) is 0. The zero-order chi connectivity index (χ0) is 11.4. The zero-order valence-electron chi connectivity index (χ0n) is 9.69. The van der Waals surface area contributed by atoms with Crippen molar-refractivity contribution in [1.29, 1.82) is 0 Å². The Morgan fingerprint density at radius 2 is 1.71 bits per heavy atom. The van der Waals surface area contributed by atoms with E-state index in [0.717, 1.165) is 19.3 Å². The molecular formula is C10H24O4. The highest BCUT2D eigenvalue weighted by molar-refractivity contribution is 4.44. The first-order chi connectivity index (χ1) is 6.62. The van der Waals surface area contributed by atoms with Crippen molar-refractivity contribution in [2.75, 3.05) is 20.8 Å². The summed E-state index contributed by atoms with van der Waals surface area (Å²) >= 11 is 0. The SMILES string of the molecule is CCCC(O)OC.COC(C)CCO. The largest absolute Gasteiger partial charge is 0.396 e. The topological polar surface area (TPSA) is 58.9 Å². The molecule has 0 spiro atoms. The van der Waals surface area contributed by atoms with Crippen molar-refractivity contribution >= 4 is 0 Å². The van der Waals surface area contributed by atoms with Crippen LogP contribution in [-0.2, 0) is 9.47 Å². The summed E-state index contributed by atoms with van der Waals surface area (Å²) in [5.74, 6) is 0. The van der Waals surface area contributed by atoms with Crippen LogP contribution in [0.15, 0.2) is 0 Å². The first-order valence-electron chi connectivity index (χ1n) is 4.96. The van der Waals surface area contributed by atoms with Gasteiger partial charge in [-0.15, -0.1) is 0 Å². The molecule has 0 saturated heterocycles. The van der Waals surface area contributed by atoms with Crippen LogP contribution in [0.2, 0.25) is 0 Å². The number of methoxy groups -OCH3 is 2. The molecule has 0 aliphatic heterocycles. The summed E-state index contributed by atoms with van der Waals surface area (Å²) in [6.07, 6.45) is 2.08. The van der Waals surface area contributed by atoms with Gasteiger partial charge >= 0.3 is 0 Å². The number of aliphatic hydroxyl groups is 2. The first-order valence-corrected chi connectivity index (χ1v) is 4.96. The van der Waals surface area contributed by atoms with Crippen LogP contribution in [0, 0.1) is 0 Å². The van der Waals surface area contributed by atoms with Crippen molar-refractivity contribution < 1.29 is 19.7 Å². The fourth-order valence-corrected chi connectivity index (χ4v) is 0.664. The van der Waals surface area contributed by atoms with Crippen LogP contribution < -0.4 is 0 Å². The Labute approximate surface area is 86.8 Å². The summed E-state index contributed by atoms with van der Waals surface area (Å²) in [7, 11) is 3.14. The molecule has 0 aliphatic rings. The molecule has 0 heterocycles. The van der Waals surface area contributed by atoms with E-state index in [1.165, 1.54) is 7.11 Å². The van der Waals surface area contributed by atoms with E-state index in [9.17, 15) is 0 Å². The lowest BCUT2D eigenvalue weighted by molar-refractivity contribution is -0.0783. The normalized spacial score (nSPS) is 14.1. The molecule has 2 atom stereocenters. The fourth-order valence-electron chi connectivity index (χ4n) is 0.664. The molecule has 0 rings (SSSR count). The highest BCUT2D eigenvalue weighted by Gasteiger charge is 1.94. The van der Waals surface area contributed by atoms with Crippen molar-refractivity contribution in [3.63, 3.8) is 0 Å². The van der Waals surface area contributed by atoms with E-state index in [1.54, 1.807) is 7.11 Å². The molecular weight excluding hydrogens is 184 g/mol. The van der Waals surface area contributed by atoms with Gasteiger partial charge in [0.2, 0.25) is 0 Å². The van der Waals surface area contributed by atoms with Crippen molar-refractivity contribution in [3.05, 3.63) is 0 Å². The van der Waals surface area contributed by atoms with E-state index in [-0.39, 0.29) is 12.7 Å². The monoisotopic (exact) mass is 208 g/mol. The van der Waals surface area contributed by atoms with E-state index in [0.29, 0.717) is 0 Å². The van der Waals surface area contributed by atoms with Gasteiger partial charge in [0, 0.05) is 20.8 Å². The smallest absolute Gasteiger partial charge is 0.154 e. The van der Waals surface area contributed by atoms with Crippen LogP contribution in [0.1, 0.15) is 33.1 Å². The Kier molecular flexibility index (Phi) is 14.9. The maximum atomic E-state index is 8.64. The quantitative estimate of drug-likeness (QED) is 0.643. The Morgan fingerprint density at radius 3 is 1.86 bits per heavy atom. The number of rotatable bonds is 6. The average molecular weight is 208 g/mol. The van der Waals surface area contributed by atoms with Gasteiger partial charge in [-0.25, -0.2) is 0 Å². The lowest BCUT2D eigenvalue weighted by atomic mass is 10.3. The van der Waals surface area contributed by atoms with Gasteiger partial charge in [0.15, 0.2) is 6.29 Å². The Morgan fingerprint density at radius 1 is 1.14 bits per heavy atom. The van der Waals surface area contributed by atoms with Crippen LogP contribution in [0.5, 0.6) is 0 Å². The minimum Gasteiger partial charge on any atom is -0.396 e. The van der Waals surface area contributed by atoms with E-state index in [1.807, 2.05) is 13.8 Å². The summed E-state index contributed by atoms with van der Waals surface area (Å²) in [6, 6.07) is 0. The molecule has 14 heavy (non-hydrogen) atoms. The minimum absolute atomic E-state index is 0.199. The second-order valence-corrected chi connectivity index (χ2v) is 3.04. The van der Waals surface area contributed by atoms with E-state index in [4.69, 9.17) is 14.9 Å². The zero-order valence-corrected chi connectivity index (χ0v) is 9.69. The molecule has 4 heteroatoms. The molecule has 0 amide bonds. The number of hydrogen-bond acceptors (Lipinski definition) is 4. The highest BCUT2D eigenvalue weighted by atomic mass is 16.6. The summed E-state index contributed by atoms with van der Waals surface area (Å²) in [6.45, 7) is 4.15. The first kappa shape index (κ1) is 16.3. The van der Waals surface area contributed by atoms with Gasteiger partial charge in [0.1, 0.15) is 0 Å². The highest BCUT2D eigenvalue weighted by Crippen LogP contribution is 1.93. The van der Waals surface area contributed by atoms with Crippen LogP contribution in [0.25, 0.3) is 0 Å². The summed E-state index contributed by atoms with van der Waals surface area (Å²) < 4.78 is 9.38. The second-order valence-electron chi connectivity index (χ2n) is 3.04. The van der Waals surface area contributed by atoms with Gasteiger partial charge in [-0.05, 0) is 19.8 Å². The van der Waals surface area contributed by atoms with E-state index < -0.39 is 6.29 Å². The third kappa shape index (κ3) is 14.4.